The first kappa shape index (κ1) is 14.0. The molecule has 5 nitrogen and oxygen atoms in total. The molecule has 0 spiro atoms. The number of methoxy groups -OCH3 is 1. The van der Waals surface area contributed by atoms with Crippen molar-refractivity contribution in [3.8, 4) is 5.75 Å². The van der Waals surface area contributed by atoms with Gasteiger partial charge >= 0.3 is 0 Å². The maximum atomic E-state index is 12.2. The number of hydrogen-bond donors (Lipinski definition) is 1. The Morgan fingerprint density at radius 2 is 1.85 bits per heavy atom. The van der Waals surface area contributed by atoms with Gasteiger partial charge in [-0.05, 0) is 35.9 Å². The van der Waals surface area contributed by atoms with Crippen molar-refractivity contribution in [2.45, 2.75) is 0 Å². The van der Waals surface area contributed by atoms with Gasteiger partial charge in [0.05, 0.1) is 18.2 Å². The van der Waals surface area contributed by atoms with Crippen LogP contribution < -0.4 is 10.1 Å². The van der Waals surface area contributed by atoms with E-state index in [1.54, 1.807) is 30.3 Å². The Balaban J connectivity index is 2.31. The van der Waals surface area contributed by atoms with Crippen molar-refractivity contribution in [1.29, 1.82) is 0 Å². The second-order valence-electron chi connectivity index (χ2n) is 3.83. The molecule has 1 amide bonds. The predicted octanol–water partition coefficient (Wildman–Crippen LogP) is 2.72. The quantitative estimate of drug-likeness (QED) is 0.879. The molecule has 1 aromatic heterocycles. The lowest BCUT2D eigenvalue weighted by molar-refractivity contribution is 0.102. The lowest BCUT2D eigenvalue weighted by atomic mass is 10.2. The number of nitrogens with zero attached hydrogens (tertiary/aromatic N) is 1. The summed E-state index contributed by atoms with van der Waals surface area (Å²) >= 11 is 5.44. The van der Waals surface area contributed by atoms with E-state index in [2.05, 4.69) is 10.3 Å². The molecule has 0 aliphatic rings. The van der Waals surface area contributed by atoms with Crippen LogP contribution in [-0.4, -0.2) is 23.2 Å². The van der Waals surface area contributed by atoms with Gasteiger partial charge in [0, 0.05) is 6.20 Å². The van der Waals surface area contributed by atoms with E-state index in [9.17, 15) is 9.59 Å². The second-order valence-corrected chi connectivity index (χ2v) is 4.17. The zero-order valence-corrected chi connectivity index (χ0v) is 11.3. The van der Waals surface area contributed by atoms with Crippen LogP contribution >= 0.6 is 11.6 Å². The Labute approximate surface area is 120 Å². The van der Waals surface area contributed by atoms with E-state index in [0.717, 1.165) is 0 Å². The third-order valence-corrected chi connectivity index (χ3v) is 2.81. The van der Waals surface area contributed by atoms with E-state index < -0.39 is 11.1 Å². The molecule has 20 heavy (non-hydrogen) atoms. The molecule has 2 aromatic rings. The minimum atomic E-state index is -0.687. The maximum Gasteiger partial charge on any atom is 0.260 e. The molecule has 102 valence electrons. The third kappa shape index (κ3) is 2.95. The Bertz CT molecular complexity index is 658. The van der Waals surface area contributed by atoms with Gasteiger partial charge in [-0.1, -0.05) is 12.1 Å². The molecular weight excluding hydrogens is 280 g/mol. The lowest BCUT2D eigenvalue weighted by Crippen LogP contribution is -2.16. The Morgan fingerprint density at radius 1 is 1.15 bits per heavy atom. The highest BCUT2D eigenvalue weighted by Gasteiger charge is 2.16. The molecular formula is C14H11ClN2O3. The van der Waals surface area contributed by atoms with Crippen LogP contribution in [0, 0.1) is 0 Å². The Kier molecular flexibility index (Phi) is 4.32. The molecule has 0 saturated heterocycles. The molecule has 1 N–H and O–H groups in total. The van der Waals surface area contributed by atoms with Gasteiger partial charge < -0.3 is 10.1 Å². The fourth-order valence-corrected chi connectivity index (χ4v) is 1.82. The standard InChI is InChI=1S/C14H11ClN2O3/c1-20-11-7-3-2-5-9(11)14(19)17-13-10(12(15)18)6-4-8-16-13/h2-8H,1H3,(H,16,17,19). The van der Waals surface area contributed by atoms with Crippen LogP contribution in [0.25, 0.3) is 0 Å². The number of para-hydroxylation sites is 1. The predicted molar refractivity (Wildman–Crippen MR) is 75.4 cm³/mol. The number of hydrogen-bond acceptors (Lipinski definition) is 4. The van der Waals surface area contributed by atoms with Gasteiger partial charge in [-0.2, -0.15) is 0 Å². The van der Waals surface area contributed by atoms with Crippen molar-refractivity contribution in [3.63, 3.8) is 0 Å². The van der Waals surface area contributed by atoms with Gasteiger partial charge in [0.2, 0.25) is 0 Å². The van der Waals surface area contributed by atoms with E-state index in [0.29, 0.717) is 11.3 Å². The number of rotatable bonds is 4. The van der Waals surface area contributed by atoms with Crippen molar-refractivity contribution >= 4 is 28.6 Å². The van der Waals surface area contributed by atoms with Gasteiger partial charge in [0.1, 0.15) is 11.6 Å². The van der Waals surface area contributed by atoms with Crippen molar-refractivity contribution in [2.24, 2.45) is 0 Å². The number of carbonyl (C=O) groups excluding carboxylic acids is 2. The zero-order chi connectivity index (χ0) is 14.5. The van der Waals surface area contributed by atoms with E-state index in [-0.39, 0.29) is 11.4 Å². The topological polar surface area (TPSA) is 68.3 Å². The van der Waals surface area contributed by atoms with Crippen molar-refractivity contribution in [2.75, 3.05) is 12.4 Å². The molecule has 2 rings (SSSR count). The zero-order valence-electron chi connectivity index (χ0n) is 10.6. The SMILES string of the molecule is COc1ccccc1C(=O)Nc1ncccc1C(=O)Cl. The molecule has 6 heteroatoms. The summed E-state index contributed by atoms with van der Waals surface area (Å²) in [4.78, 5) is 27.4. The number of benzene rings is 1. The number of amides is 1. The third-order valence-electron chi connectivity index (χ3n) is 2.60. The Hall–Kier alpha value is -2.40. The van der Waals surface area contributed by atoms with Gasteiger partial charge in [-0.15, -0.1) is 0 Å². The summed E-state index contributed by atoms with van der Waals surface area (Å²) < 4.78 is 5.11. The fourth-order valence-electron chi connectivity index (χ4n) is 1.67. The summed E-state index contributed by atoms with van der Waals surface area (Å²) in [7, 11) is 1.47. The summed E-state index contributed by atoms with van der Waals surface area (Å²) in [6, 6.07) is 9.79. The average Bonchev–Trinajstić information content (AvgIpc) is 2.47. The number of anilines is 1. The van der Waals surface area contributed by atoms with Crippen LogP contribution in [0.15, 0.2) is 42.6 Å². The minimum absolute atomic E-state index is 0.114. The van der Waals surface area contributed by atoms with Crippen molar-refractivity contribution in [3.05, 3.63) is 53.7 Å². The first-order chi connectivity index (χ1) is 9.63. The average molecular weight is 291 g/mol. The highest BCUT2D eigenvalue weighted by atomic mass is 35.5. The maximum absolute atomic E-state index is 12.2. The molecule has 1 aromatic carbocycles. The normalized spacial score (nSPS) is 9.90. The highest BCUT2D eigenvalue weighted by Crippen LogP contribution is 2.20. The fraction of sp³-hybridized carbons (Fsp3) is 0.0714. The lowest BCUT2D eigenvalue weighted by Gasteiger charge is -2.09. The molecule has 0 bridgehead atoms. The number of halogens is 1. The van der Waals surface area contributed by atoms with Crippen LogP contribution in [-0.2, 0) is 0 Å². The number of pyridine rings is 1. The van der Waals surface area contributed by atoms with E-state index in [4.69, 9.17) is 16.3 Å². The van der Waals surface area contributed by atoms with Crippen LogP contribution in [0.3, 0.4) is 0 Å². The molecule has 0 aliphatic heterocycles. The second kappa shape index (κ2) is 6.16. The van der Waals surface area contributed by atoms with E-state index >= 15 is 0 Å². The van der Waals surface area contributed by atoms with Gasteiger partial charge in [0.25, 0.3) is 11.1 Å². The van der Waals surface area contributed by atoms with E-state index in [1.807, 2.05) is 0 Å². The van der Waals surface area contributed by atoms with Gasteiger partial charge in [0.15, 0.2) is 0 Å². The van der Waals surface area contributed by atoms with Crippen LogP contribution in [0.4, 0.5) is 5.82 Å². The first-order valence-electron chi connectivity index (χ1n) is 5.72. The number of nitrogens with one attached hydrogen (secondary N) is 1. The van der Waals surface area contributed by atoms with Gasteiger partial charge in [-0.3, -0.25) is 9.59 Å². The van der Waals surface area contributed by atoms with E-state index in [1.165, 1.54) is 19.4 Å². The molecule has 0 aliphatic carbocycles. The summed E-state index contributed by atoms with van der Waals surface area (Å²) in [5.74, 6) is 0.114. The molecule has 1 heterocycles. The largest absolute Gasteiger partial charge is 0.496 e. The van der Waals surface area contributed by atoms with Crippen LogP contribution in [0.2, 0.25) is 0 Å². The van der Waals surface area contributed by atoms with Crippen molar-refractivity contribution < 1.29 is 14.3 Å². The summed E-state index contributed by atoms with van der Waals surface area (Å²) in [6.07, 6.45) is 1.46. The number of carbonyl (C=O) groups is 2. The van der Waals surface area contributed by atoms with Crippen LogP contribution in [0.5, 0.6) is 5.75 Å². The summed E-state index contributed by atoms with van der Waals surface area (Å²) in [5.41, 5.74) is 0.478. The van der Waals surface area contributed by atoms with Crippen molar-refractivity contribution in [1.82, 2.24) is 4.98 Å². The Morgan fingerprint density at radius 3 is 2.55 bits per heavy atom. The highest BCUT2D eigenvalue weighted by molar-refractivity contribution is 6.68. The first-order valence-corrected chi connectivity index (χ1v) is 6.10. The van der Waals surface area contributed by atoms with Crippen LogP contribution in [0.1, 0.15) is 20.7 Å². The van der Waals surface area contributed by atoms with Gasteiger partial charge in [-0.25, -0.2) is 4.98 Å². The molecule has 0 fully saturated rings. The smallest absolute Gasteiger partial charge is 0.260 e. The summed E-state index contributed by atoms with van der Waals surface area (Å²) in [6.45, 7) is 0. The molecule has 0 unspecified atom stereocenters. The number of ether oxygens (including phenoxy) is 1. The monoisotopic (exact) mass is 290 g/mol. The molecule has 0 radical (unpaired) electrons. The molecule has 0 saturated carbocycles. The number of aromatic nitrogens is 1. The minimum Gasteiger partial charge on any atom is -0.496 e. The molecule has 0 atom stereocenters. The summed E-state index contributed by atoms with van der Waals surface area (Å²) in [5, 5.41) is 1.86.